The van der Waals surface area contributed by atoms with Gasteiger partial charge in [0, 0.05) is 50.4 Å². The zero-order valence-electron chi connectivity index (χ0n) is 13.1. The molecular weight excluding hydrogens is 278 g/mol. The number of amides is 1. The third kappa shape index (κ3) is 6.11. The van der Waals surface area contributed by atoms with Crippen molar-refractivity contribution in [3.05, 3.63) is 30.1 Å². The van der Waals surface area contributed by atoms with Gasteiger partial charge in [-0.05, 0) is 31.9 Å². The van der Waals surface area contributed by atoms with Crippen LogP contribution in [-0.4, -0.2) is 43.0 Å². The van der Waals surface area contributed by atoms with E-state index < -0.39 is 0 Å². The van der Waals surface area contributed by atoms with Gasteiger partial charge in [-0.15, -0.1) is 0 Å². The standard InChI is InChI=1S/C16H25N5O/c1-2-17-16(20-10-8-14-5-3-4-9-18-14)21-12-11-19-15(22)13-6-7-13/h3-5,9,13H,2,6-8,10-12H2,1H3,(H,19,22)(H2,17,20,21). The molecule has 0 radical (unpaired) electrons. The predicted octanol–water partition coefficient (Wildman–Crippen LogP) is 0.705. The van der Waals surface area contributed by atoms with Crippen LogP contribution in [0.1, 0.15) is 25.5 Å². The van der Waals surface area contributed by atoms with Crippen molar-refractivity contribution in [1.82, 2.24) is 20.9 Å². The molecule has 1 aromatic rings. The van der Waals surface area contributed by atoms with E-state index in [1.165, 1.54) is 0 Å². The van der Waals surface area contributed by atoms with Gasteiger partial charge in [0.2, 0.25) is 5.91 Å². The van der Waals surface area contributed by atoms with E-state index in [0.29, 0.717) is 19.6 Å². The smallest absolute Gasteiger partial charge is 0.223 e. The van der Waals surface area contributed by atoms with Crippen molar-refractivity contribution in [2.45, 2.75) is 26.2 Å². The fourth-order valence-electron chi connectivity index (χ4n) is 2.03. The molecule has 1 aliphatic carbocycles. The summed E-state index contributed by atoms with van der Waals surface area (Å²) in [5.74, 6) is 1.22. The molecule has 1 heterocycles. The number of nitrogens with one attached hydrogen (secondary N) is 3. The van der Waals surface area contributed by atoms with Gasteiger partial charge in [0.25, 0.3) is 0 Å². The second kappa shape index (κ2) is 9.02. The van der Waals surface area contributed by atoms with E-state index in [-0.39, 0.29) is 11.8 Å². The number of hydrogen-bond donors (Lipinski definition) is 3. The van der Waals surface area contributed by atoms with E-state index in [0.717, 1.165) is 37.5 Å². The molecule has 0 atom stereocenters. The number of carbonyl (C=O) groups is 1. The lowest BCUT2D eigenvalue weighted by Gasteiger charge is -2.11. The summed E-state index contributed by atoms with van der Waals surface area (Å²) >= 11 is 0. The van der Waals surface area contributed by atoms with E-state index in [2.05, 4.69) is 25.9 Å². The molecule has 22 heavy (non-hydrogen) atoms. The van der Waals surface area contributed by atoms with E-state index in [1.54, 1.807) is 6.20 Å². The molecular formula is C16H25N5O. The molecule has 0 bridgehead atoms. The summed E-state index contributed by atoms with van der Waals surface area (Å²) in [5, 5.41) is 9.35. The first kappa shape index (κ1) is 16.3. The molecule has 0 aliphatic heterocycles. The minimum atomic E-state index is 0.180. The van der Waals surface area contributed by atoms with Gasteiger partial charge in [-0.2, -0.15) is 0 Å². The van der Waals surface area contributed by atoms with Crippen LogP contribution < -0.4 is 16.0 Å². The summed E-state index contributed by atoms with van der Waals surface area (Å²) in [5.41, 5.74) is 1.04. The SMILES string of the molecule is CCNC(=NCCc1ccccn1)NCCNC(=O)C1CC1. The van der Waals surface area contributed by atoms with Crippen molar-refractivity contribution in [3.8, 4) is 0 Å². The summed E-state index contributed by atoms with van der Waals surface area (Å²) in [6.07, 6.45) is 4.69. The van der Waals surface area contributed by atoms with E-state index in [1.807, 2.05) is 25.1 Å². The molecule has 1 fully saturated rings. The molecule has 6 heteroatoms. The van der Waals surface area contributed by atoms with Crippen LogP contribution in [0, 0.1) is 5.92 Å². The Labute approximate surface area is 131 Å². The number of rotatable bonds is 8. The Hall–Kier alpha value is -2.11. The van der Waals surface area contributed by atoms with Crippen molar-refractivity contribution >= 4 is 11.9 Å². The van der Waals surface area contributed by atoms with Crippen molar-refractivity contribution in [2.75, 3.05) is 26.2 Å². The number of hydrogen-bond acceptors (Lipinski definition) is 3. The van der Waals surface area contributed by atoms with Crippen molar-refractivity contribution in [2.24, 2.45) is 10.9 Å². The minimum Gasteiger partial charge on any atom is -0.357 e. The van der Waals surface area contributed by atoms with Gasteiger partial charge < -0.3 is 16.0 Å². The van der Waals surface area contributed by atoms with Gasteiger partial charge in [-0.3, -0.25) is 14.8 Å². The zero-order valence-corrected chi connectivity index (χ0v) is 13.1. The fraction of sp³-hybridized carbons (Fsp3) is 0.562. The van der Waals surface area contributed by atoms with Gasteiger partial charge in [0.15, 0.2) is 5.96 Å². The lowest BCUT2D eigenvalue weighted by molar-refractivity contribution is -0.122. The molecule has 1 aromatic heterocycles. The third-order valence-corrected chi connectivity index (χ3v) is 3.37. The second-order valence-electron chi connectivity index (χ2n) is 5.32. The highest BCUT2D eigenvalue weighted by Gasteiger charge is 2.28. The molecule has 0 saturated heterocycles. The minimum absolute atomic E-state index is 0.180. The first-order valence-corrected chi connectivity index (χ1v) is 7.99. The molecule has 1 aliphatic rings. The van der Waals surface area contributed by atoms with Gasteiger partial charge >= 0.3 is 0 Å². The number of pyridine rings is 1. The quantitative estimate of drug-likeness (QED) is 0.375. The molecule has 0 spiro atoms. The summed E-state index contributed by atoms with van der Waals surface area (Å²) in [6, 6.07) is 5.90. The molecule has 120 valence electrons. The Kier molecular flexibility index (Phi) is 6.67. The summed E-state index contributed by atoms with van der Waals surface area (Å²) in [4.78, 5) is 20.3. The van der Waals surface area contributed by atoms with Crippen molar-refractivity contribution < 1.29 is 4.79 Å². The number of aromatic nitrogens is 1. The van der Waals surface area contributed by atoms with E-state index >= 15 is 0 Å². The van der Waals surface area contributed by atoms with Crippen LogP contribution in [0.25, 0.3) is 0 Å². The Morgan fingerprint density at radius 3 is 2.77 bits per heavy atom. The fourth-order valence-corrected chi connectivity index (χ4v) is 2.03. The van der Waals surface area contributed by atoms with Gasteiger partial charge in [-0.25, -0.2) is 0 Å². The second-order valence-corrected chi connectivity index (χ2v) is 5.32. The highest BCUT2D eigenvalue weighted by Crippen LogP contribution is 2.28. The number of guanidine groups is 1. The van der Waals surface area contributed by atoms with Crippen LogP contribution in [0.3, 0.4) is 0 Å². The average Bonchev–Trinajstić information content (AvgIpc) is 3.37. The van der Waals surface area contributed by atoms with Crippen LogP contribution in [0.5, 0.6) is 0 Å². The Balaban J connectivity index is 1.66. The molecule has 6 nitrogen and oxygen atoms in total. The van der Waals surface area contributed by atoms with Crippen LogP contribution in [0.4, 0.5) is 0 Å². The molecule has 2 rings (SSSR count). The Morgan fingerprint density at radius 1 is 1.27 bits per heavy atom. The average molecular weight is 303 g/mol. The first-order chi connectivity index (χ1) is 10.8. The molecule has 3 N–H and O–H groups in total. The molecule has 1 saturated carbocycles. The third-order valence-electron chi connectivity index (χ3n) is 3.37. The van der Waals surface area contributed by atoms with E-state index in [9.17, 15) is 4.79 Å². The molecule has 0 aromatic carbocycles. The highest BCUT2D eigenvalue weighted by molar-refractivity contribution is 5.81. The Bertz CT molecular complexity index is 485. The first-order valence-electron chi connectivity index (χ1n) is 7.99. The monoisotopic (exact) mass is 303 g/mol. The normalized spacial score (nSPS) is 14.5. The maximum absolute atomic E-state index is 11.5. The van der Waals surface area contributed by atoms with Crippen LogP contribution >= 0.6 is 0 Å². The Morgan fingerprint density at radius 2 is 2.09 bits per heavy atom. The van der Waals surface area contributed by atoms with Crippen LogP contribution in [0.15, 0.2) is 29.4 Å². The zero-order chi connectivity index (χ0) is 15.6. The summed E-state index contributed by atoms with van der Waals surface area (Å²) in [6.45, 7) is 4.82. The molecule has 0 unspecified atom stereocenters. The summed E-state index contributed by atoms with van der Waals surface area (Å²) < 4.78 is 0. The van der Waals surface area contributed by atoms with Gasteiger partial charge in [0.05, 0.1) is 0 Å². The van der Waals surface area contributed by atoms with Gasteiger partial charge in [0.1, 0.15) is 0 Å². The number of carbonyl (C=O) groups excluding carboxylic acids is 1. The largest absolute Gasteiger partial charge is 0.357 e. The lowest BCUT2D eigenvalue weighted by atomic mass is 10.3. The summed E-state index contributed by atoms with van der Waals surface area (Å²) in [7, 11) is 0. The van der Waals surface area contributed by atoms with Crippen LogP contribution in [0.2, 0.25) is 0 Å². The van der Waals surface area contributed by atoms with Gasteiger partial charge in [-0.1, -0.05) is 6.07 Å². The maximum Gasteiger partial charge on any atom is 0.223 e. The number of nitrogens with zero attached hydrogens (tertiary/aromatic N) is 2. The van der Waals surface area contributed by atoms with Crippen molar-refractivity contribution in [1.29, 1.82) is 0 Å². The lowest BCUT2D eigenvalue weighted by Crippen LogP contribution is -2.41. The van der Waals surface area contributed by atoms with E-state index in [4.69, 9.17) is 0 Å². The molecule has 1 amide bonds. The van der Waals surface area contributed by atoms with Crippen molar-refractivity contribution in [3.63, 3.8) is 0 Å². The van der Waals surface area contributed by atoms with Crippen LogP contribution in [-0.2, 0) is 11.2 Å². The maximum atomic E-state index is 11.5. The highest BCUT2D eigenvalue weighted by atomic mass is 16.2. The predicted molar refractivity (Wildman–Crippen MR) is 87.7 cm³/mol. The topological polar surface area (TPSA) is 78.4 Å². The number of aliphatic imine (C=N–C) groups is 1.